The third kappa shape index (κ3) is 1.64. The van der Waals surface area contributed by atoms with Crippen LogP contribution in [0.4, 0.5) is 0 Å². The van der Waals surface area contributed by atoms with Crippen LogP contribution in [-0.2, 0) is 11.2 Å². The summed E-state index contributed by atoms with van der Waals surface area (Å²) in [6.45, 7) is 0. The molecule has 0 aliphatic heterocycles. The van der Waals surface area contributed by atoms with Gasteiger partial charge in [-0.15, -0.1) is 11.3 Å². The lowest BCUT2D eigenvalue weighted by molar-refractivity contribution is -0.118. The summed E-state index contributed by atoms with van der Waals surface area (Å²) in [5.41, 5.74) is 6.49. The molecule has 2 N–H and O–H groups in total. The molecule has 18 heavy (non-hydrogen) atoms. The first-order valence-corrected chi connectivity index (χ1v) is 6.61. The number of carbonyl (C=O) groups excluding carboxylic acids is 1. The number of fused-ring (bicyclic) bond motifs is 3. The summed E-state index contributed by atoms with van der Waals surface area (Å²) in [4.78, 5) is 21.8. The second-order valence-corrected chi connectivity index (χ2v) is 5.49. The highest BCUT2D eigenvalue weighted by atomic mass is 32.1. The number of thiophene rings is 1. The van der Waals surface area contributed by atoms with Crippen molar-refractivity contribution in [1.82, 2.24) is 9.97 Å². The van der Waals surface area contributed by atoms with Crippen LogP contribution in [0.1, 0.15) is 29.2 Å². The van der Waals surface area contributed by atoms with Gasteiger partial charge in [0.15, 0.2) is 0 Å². The highest BCUT2D eigenvalue weighted by molar-refractivity contribution is 7.19. The van der Waals surface area contributed by atoms with Crippen LogP contribution in [0.25, 0.3) is 10.2 Å². The Morgan fingerprint density at radius 3 is 3.17 bits per heavy atom. The van der Waals surface area contributed by atoms with E-state index >= 15 is 0 Å². The quantitative estimate of drug-likeness (QED) is 0.912. The van der Waals surface area contributed by atoms with Crippen molar-refractivity contribution in [2.24, 2.45) is 5.73 Å². The maximum Gasteiger partial charge on any atom is 0.225 e. The molecule has 3 rings (SSSR count). The van der Waals surface area contributed by atoms with E-state index in [4.69, 9.17) is 10.5 Å². The molecular formula is C12H13N3O2S. The number of hydrogen-bond donors (Lipinski definition) is 1. The predicted molar refractivity (Wildman–Crippen MR) is 68.8 cm³/mol. The molecule has 1 aliphatic rings. The van der Waals surface area contributed by atoms with Crippen LogP contribution in [0.2, 0.25) is 0 Å². The molecule has 1 amide bonds. The molecule has 0 fully saturated rings. The molecule has 5 nitrogen and oxygen atoms in total. The fourth-order valence-corrected chi connectivity index (χ4v) is 3.87. The summed E-state index contributed by atoms with van der Waals surface area (Å²) < 4.78 is 5.30. The Morgan fingerprint density at radius 1 is 1.61 bits per heavy atom. The van der Waals surface area contributed by atoms with Gasteiger partial charge in [0.25, 0.3) is 0 Å². The van der Waals surface area contributed by atoms with Crippen LogP contribution >= 0.6 is 11.3 Å². The third-order valence-electron chi connectivity index (χ3n) is 3.34. The van der Waals surface area contributed by atoms with E-state index in [-0.39, 0.29) is 11.8 Å². The maximum atomic E-state index is 11.1. The molecule has 0 spiro atoms. The number of aromatic nitrogens is 2. The smallest absolute Gasteiger partial charge is 0.225 e. The zero-order valence-corrected chi connectivity index (χ0v) is 10.8. The predicted octanol–water partition coefficient (Wildman–Crippen LogP) is 1.61. The molecule has 0 aromatic carbocycles. The normalized spacial score (nSPS) is 17.9. The molecule has 2 heterocycles. The molecule has 0 radical (unpaired) electrons. The van der Waals surface area contributed by atoms with Gasteiger partial charge in [-0.2, -0.15) is 0 Å². The van der Waals surface area contributed by atoms with Crippen LogP contribution in [0, 0.1) is 0 Å². The topological polar surface area (TPSA) is 78.1 Å². The Hall–Kier alpha value is -1.69. The fraction of sp³-hybridized carbons (Fsp3) is 0.417. The molecule has 0 bridgehead atoms. The van der Waals surface area contributed by atoms with E-state index < -0.39 is 0 Å². The maximum absolute atomic E-state index is 11.1. The number of carbonyl (C=O) groups is 1. The molecule has 1 unspecified atom stereocenters. The van der Waals surface area contributed by atoms with Gasteiger partial charge in [-0.1, -0.05) is 0 Å². The fourth-order valence-electron chi connectivity index (χ4n) is 2.64. The average molecular weight is 263 g/mol. The number of amides is 1. The summed E-state index contributed by atoms with van der Waals surface area (Å²) in [5, 5.41) is 0.962. The number of aryl methyl sites for hydroxylation is 1. The molecule has 2 aromatic heterocycles. The van der Waals surface area contributed by atoms with Crippen LogP contribution in [-0.4, -0.2) is 23.0 Å². The van der Waals surface area contributed by atoms with Gasteiger partial charge in [0.1, 0.15) is 11.2 Å². The number of methoxy groups -OCH3 is 1. The molecule has 6 heteroatoms. The Morgan fingerprint density at radius 2 is 2.44 bits per heavy atom. The van der Waals surface area contributed by atoms with E-state index in [9.17, 15) is 4.79 Å². The summed E-state index contributed by atoms with van der Waals surface area (Å²) in [6, 6.07) is 0. The second-order valence-electron chi connectivity index (χ2n) is 4.41. The largest absolute Gasteiger partial charge is 0.480 e. The monoisotopic (exact) mass is 263 g/mol. The lowest BCUT2D eigenvalue weighted by Gasteiger charge is -2.09. The van der Waals surface area contributed by atoms with E-state index in [1.165, 1.54) is 16.8 Å². The van der Waals surface area contributed by atoms with Crippen molar-refractivity contribution in [2.45, 2.75) is 25.2 Å². The molecule has 1 atom stereocenters. The van der Waals surface area contributed by atoms with Crippen molar-refractivity contribution in [3.8, 4) is 5.88 Å². The minimum absolute atomic E-state index is 0.186. The Balaban J connectivity index is 2.18. The molecule has 0 saturated carbocycles. The number of hydrogen-bond acceptors (Lipinski definition) is 5. The van der Waals surface area contributed by atoms with Crippen molar-refractivity contribution >= 4 is 27.5 Å². The van der Waals surface area contributed by atoms with Crippen LogP contribution in [0.5, 0.6) is 5.88 Å². The van der Waals surface area contributed by atoms with E-state index in [0.717, 1.165) is 23.1 Å². The molecule has 94 valence electrons. The van der Waals surface area contributed by atoms with Gasteiger partial charge in [-0.3, -0.25) is 4.79 Å². The number of rotatable bonds is 3. The molecular weight excluding hydrogens is 250 g/mol. The Bertz CT molecular complexity index is 623. The average Bonchev–Trinajstić information content (AvgIpc) is 2.88. The summed E-state index contributed by atoms with van der Waals surface area (Å²) in [6.07, 6.45) is 3.85. The zero-order chi connectivity index (χ0) is 12.7. The highest BCUT2D eigenvalue weighted by Crippen LogP contribution is 2.46. The minimum Gasteiger partial charge on any atom is -0.480 e. The first-order chi connectivity index (χ1) is 8.70. The first-order valence-electron chi connectivity index (χ1n) is 5.79. The van der Waals surface area contributed by atoms with Crippen molar-refractivity contribution in [1.29, 1.82) is 0 Å². The van der Waals surface area contributed by atoms with E-state index in [1.807, 2.05) is 0 Å². The van der Waals surface area contributed by atoms with Gasteiger partial charge in [-0.25, -0.2) is 9.97 Å². The van der Waals surface area contributed by atoms with Gasteiger partial charge in [0, 0.05) is 11.3 Å². The summed E-state index contributed by atoms with van der Waals surface area (Å²) >= 11 is 1.66. The first kappa shape index (κ1) is 11.4. The summed E-state index contributed by atoms with van der Waals surface area (Å²) in [7, 11) is 1.60. The second kappa shape index (κ2) is 4.20. The van der Waals surface area contributed by atoms with Gasteiger partial charge in [-0.05, 0) is 24.3 Å². The summed E-state index contributed by atoms with van der Waals surface area (Å²) in [5.74, 6) is 0.517. The zero-order valence-electron chi connectivity index (χ0n) is 9.97. The number of nitrogens with zero attached hydrogens (tertiary/aromatic N) is 2. The molecule has 0 saturated heterocycles. The van der Waals surface area contributed by atoms with E-state index in [2.05, 4.69) is 9.97 Å². The lowest BCUT2D eigenvalue weighted by atomic mass is 9.97. The lowest BCUT2D eigenvalue weighted by Crippen LogP contribution is -2.14. The highest BCUT2D eigenvalue weighted by Gasteiger charge is 2.30. The van der Waals surface area contributed by atoms with Gasteiger partial charge in [0.2, 0.25) is 11.8 Å². The minimum atomic E-state index is -0.261. The van der Waals surface area contributed by atoms with Crippen LogP contribution in [0.15, 0.2) is 6.33 Å². The van der Waals surface area contributed by atoms with Crippen molar-refractivity contribution in [3.05, 3.63) is 16.8 Å². The number of nitrogens with two attached hydrogens (primary N) is 1. The van der Waals surface area contributed by atoms with E-state index in [0.29, 0.717) is 12.3 Å². The van der Waals surface area contributed by atoms with Crippen molar-refractivity contribution < 1.29 is 9.53 Å². The van der Waals surface area contributed by atoms with Crippen LogP contribution < -0.4 is 10.5 Å². The van der Waals surface area contributed by atoms with Gasteiger partial charge >= 0.3 is 0 Å². The standard InChI is InChI=1S/C12H13N3O2S/c1-17-11-10-9-6(4-8(13)16)2-3-7(9)18-12(10)15-5-14-11/h5-6H,2-4H2,1H3,(H2,13,16). The van der Waals surface area contributed by atoms with E-state index in [1.54, 1.807) is 18.4 Å². The number of ether oxygens (including phenoxy) is 1. The van der Waals surface area contributed by atoms with Gasteiger partial charge < -0.3 is 10.5 Å². The molecule has 2 aromatic rings. The SMILES string of the molecule is COc1ncnc2sc3c(c12)C(CC(N)=O)CC3. The molecule has 1 aliphatic carbocycles. The van der Waals surface area contributed by atoms with Crippen LogP contribution in [0.3, 0.4) is 0 Å². The Kier molecular flexibility index (Phi) is 2.66. The number of primary amides is 1. The van der Waals surface area contributed by atoms with Crippen molar-refractivity contribution in [2.75, 3.05) is 7.11 Å². The van der Waals surface area contributed by atoms with Gasteiger partial charge in [0.05, 0.1) is 12.5 Å². The van der Waals surface area contributed by atoms with Crippen molar-refractivity contribution in [3.63, 3.8) is 0 Å². The Labute approximate surface area is 108 Å². The third-order valence-corrected chi connectivity index (χ3v) is 4.51.